The van der Waals surface area contributed by atoms with E-state index in [1.54, 1.807) is 12.5 Å². The number of ketones is 1. The zero-order valence-electron chi connectivity index (χ0n) is 9.91. The molecule has 15 heavy (non-hydrogen) atoms. The van der Waals surface area contributed by atoms with Crippen LogP contribution in [-0.2, 0) is 11.3 Å². The molecule has 0 radical (unpaired) electrons. The van der Waals surface area contributed by atoms with Gasteiger partial charge in [-0.1, -0.05) is 20.8 Å². The Morgan fingerprint density at radius 3 is 2.60 bits per heavy atom. The minimum atomic E-state index is -0.259. The lowest BCUT2D eigenvalue weighted by Crippen LogP contribution is -2.33. The Morgan fingerprint density at radius 1 is 1.47 bits per heavy atom. The maximum Gasteiger partial charge on any atom is 0.152 e. The van der Waals surface area contributed by atoms with Gasteiger partial charge < -0.3 is 4.42 Å². The van der Waals surface area contributed by atoms with Crippen LogP contribution in [0.4, 0.5) is 0 Å². The molecule has 3 heteroatoms. The molecule has 0 aliphatic heterocycles. The third-order valence-corrected chi connectivity index (χ3v) is 2.28. The Hall–Kier alpha value is -1.09. The molecule has 0 unspecified atom stereocenters. The van der Waals surface area contributed by atoms with E-state index in [-0.39, 0.29) is 11.2 Å². The highest BCUT2D eigenvalue weighted by Crippen LogP contribution is 2.15. The van der Waals surface area contributed by atoms with Gasteiger partial charge in [0.05, 0.1) is 19.1 Å². The first-order chi connectivity index (χ1) is 6.89. The van der Waals surface area contributed by atoms with Gasteiger partial charge in [-0.3, -0.25) is 9.69 Å². The van der Waals surface area contributed by atoms with Gasteiger partial charge in [-0.05, 0) is 13.1 Å². The first-order valence-corrected chi connectivity index (χ1v) is 5.12. The predicted octanol–water partition coefficient (Wildman–Crippen LogP) is 2.33. The van der Waals surface area contributed by atoms with Gasteiger partial charge in [0, 0.05) is 17.5 Å². The summed E-state index contributed by atoms with van der Waals surface area (Å²) in [6.45, 7) is 7.07. The number of rotatable bonds is 4. The predicted molar refractivity (Wildman–Crippen MR) is 59.5 cm³/mol. The van der Waals surface area contributed by atoms with Crippen molar-refractivity contribution in [1.82, 2.24) is 4.90 Å². The average molecular weight is 209 g/mol. The van der Waals surface area contributed by atoms with Gasteiger partial charge in [-0.2, -0.15) is 0 Å². The minimum Gasteiger partial charge on any atom is -0.472 e. The van der Waals surface area contributed by atoms with Crippen LogP contribution in [-0.4, -0.2) is 24.3 Å². The second kappa shape index (κ2) is 4.62. The van der Waals surface area contributed by atoms with Gasteiger partial charge in [0.25, 0.3) is 0 Å². The van der Waals surface area contributed by atoms with E-state index in [0.29, 0.717) is 6.54 Å². The summed E-state index contributed by atoms with van der Waals surface area (Å²) >= 11 is 0. The number of Topliss-reactive ketones (excluding diaryl/α,β-unsaturated/α-hetero) is 1. The summed E-state index contributed by atoms with van der Waals surface area (Å²) in [6, 6.07) is 1.91. The van der Waals surface area contributed by atoms with E-state index in [9.17, 15) is 4.79 Å². The molecule has 0 saturated carbocycles. The van der Waals surface area contributed by atoms with Gasteiger partial charge in [-0.25, -0.2) is 0 Å². The molecule has 1 rings (SSSR count). The molecular weight excluding hydrogens is 190 g/mol. The van der Waals surface area contributed by atoms with Crippen molar-refractivity contribution in [2.75, 3.05) is 13.6 Å². The van der Waals surface area contributed by atoms with Gasteiger partial charge in [0.2, 0.25) is 0 Å². The number of hydrogen-bond acceptors (Lipinski definition) is 3. The molecule has 0 spiro atoms. The summed E-state index contributed by atoms with van der Waals surface area (Å²) in [5.74, 6) is 0.258. The second-order valence-electron chi connectivity index (χ2n) is 4.98. The van der Waals surface area contributed by atoms with Gasteiger partial charge in [0.15, 0.2) is 5.78 Å². The van der Waals surface area contributed by atoms with Crippen molar-refractivity contribution in [3.05, 3.63) is 24.2 Å². The monoisotopic (exact) mass is 209 g/mol. The second-order valence-corrected chi connectivity index (χ2v) is 4.98. The molecule has 0 aliphatic rings. The maximum absolute atomic E-state index is 11.7. The van der Waals surface area contributed by atoms with Crippen molar-refractivity contribution >= 4 is 5.78 Å². The zero-order chi connectivity index (χ0) is 11.5. The first-order valence-electron chi connectivity index (χ1n) is 5.12. The summed E-state index contributed by atoms with van der Waals surface area (Å²) in [6.07, 6.45) is 3.35. The van der Waals surface area contributed by atoms with Crippen molar-refractivity contribution in [3.63, 3.8) is 0 Å². The standard InChI is InChI=1S/C12H19NO2/c1-12(2,3)11(14)8-13(4)7-10-5-6-15-9-10/h5-6,9H,7-8H2,1-4H3. The maximum atomic E-state index is 11.7. The number of likely N-dealkylation sites (N-methyl/N-ethyl adjacent to an activating group) is 1. The van der Waals surface area contributed by atoms with E-state index < -0.39 is 0 Å². The summed E-state index contributed by atoms with van der Waals surface area (Å²) in [5.41, 5.74) is 0.837. The van der Waals surface area contributed by atoms with Crippen LogP contribution >= 0.6 is 0 Å². The quantitative estimate of drug-likeness (QED) is 0.763. The summed E-state index contributed by atoms with van der Waals surface area (Å²) < 4.78 is 4.98. The first kappa shape index (κ1) is 12.0. The van der Waals surface area contributed by atoms with Crippen molar-refractivity contribution in [3.8, 4) is 0 Å². The van der Waals surface area contributed by atoms with Crippen LogP contribution in [0.2, 0.25) is 0 Å². The normalized spacial score (nSPS) is 12.1. The average Bonchev–Trinajstić information content (AvgIpc) is 2.54. The Labute approximate surface area is 91.1 Å². The molecular formula is C12H19NO2. The van der Waals surface area contributed by atoms with Crippen molar-refractivity contribution in [2.24, 2.45) is 5.41 Å². The summed E-state index contributed by atoms with van der Waals surface area (Å²) in [7, 11) is 1.94. The highest BCUT2D eigenvalue weighted by Gasteiger charge is 2.22. The minimum absolute atomic E-state index is 0.258. The SMILES string of the molecule is CN(CC(=O)C(C)(C)C)Cc1ccoc1. The largest absolute Gasteiger partial charge is 0.472 e. The highest BCUT2D eigenvalue weighted by atomic mass is 16.3. The lowest BCUT2D eigenvalue weighted by atomic mass is 9.90. The molecule has 1 heterocycles. The van der Waals surface area contributed by atoms with Crippen LogP contribution in [0.3, 0.4) is 0 Å². The van der Waals surface area contributed by atoms with Gasteiger partial charge >= 0.3 is 0 Å². The van der Waals surface area contributed by atoms with Crippen LogP contribution in [0.25, 0.3) is 0 Å². The van der Waals surface area contributed by atoms with Crippen LogP contribution in [0.1, 0.15) is 26.3 Å². The lowest BCUT2D eigenvalue weighted by molar-refractivity contribution is -0.127. The molecule has 0 amide bonds. The Bertz CT molecular complexity index is 309. The van der Waals surface area contributed by atoms with Crippen LogP contribution in [0.15, 0.2) is 23.0 Å². The summed E-state index contributed by atoms with van der Waals surface area (Å²) in [4.78, 5) is 13.7. The molecule has 0 aliphatic carbocycles. The van der Waals surface area contributed by atoms with Crippen molar-refractivity contribution in [2.45, 2.75) is 27.3 Å². The van der Waals surface area contributed by atoms with E-state index in [0.717, 1.165) is 12.1 Å². The van der Waals surface area contributed by atoms with Crippen LogP contribution in [0.5, 0.6) is 0 Å². The molecule has 0 N–H and O–H groups in total. The van der Waals surface area contributed by atoms with Crippen molar-refractivity contribution < 1.29 is 9.21 Å². The number of hydrogen-bond donors (Lipinski definition) is 0. The Kier molecular flexibility index (Phi) is 3.69. The lowest BCUT2D eigenvalue weighted by Gasteiger charge is -2.21. The van der Waals surface area contributed by atoms with Crippen LogP contribution < -0.4 is 0 Å². The molecule has 3 nitrogen and oxygen atoms in total. The molecule has 0 fully saturated rings. The molecule has 0 aromatic carbocycles. The molecule has 0 bridgehead atoms. The fourth-order valence-corrected chi connectivity index (χ4v) is 1.23. The Morgan fingerprint density at radius 2 is 2.13 bits per heavy atom. The van der Waals surface area contributed by atoms with E-state index in [2.05, 4.69) is 0 Å². The number of furan rings is 1. The smallest absolute Gasteiger partial charge is 0.152 e. The molecule has 1 aromatic rings. The molecule has 0 saturated heterocycles. The topological polar surface area (TPSA) is 33.5 Å². The van der Waals surface area contributed by atoms with Gasteiger partial charge in [-0.15, -0.1) is 0 Å². The van der Waals surface area contributed by atoms with Crippen LogP contribution in [0, 0.1) is 5.41 Å². The van der Waals surface area contributed by atoms with Gasteiger partial charge in [0.1, 0.15) is 0 Å². The van der Waals surface area contributed by atoms with E-state index in [4.69, 9.17) is 4.42 Å². The Balaban J connectivity index is 2.43. The highest BCUT2D eigenvalue weighted by molar-refractivity contribution is 5.85. The third kappa shape index (κ3) is 3.88. The van der Waals surface area contributed by atoms with E-state index in [1.165, 1.54) is 0 Å². The molecule has 0 atom stereocenters. The molecule has 1 aromatic heterocycles. The zero-order valence-corrected chi connectivity index (χ0v) is 9.91. The number of nitrogens with zero attached hydrogens (tertiary/aromatic N) is 1. The molecule has 84 valence electrons. The van der Waals surface area contributed by atoms with E-state index in [1.807, 2.05) is 38.8 Å². The fourth-order valence-electron chi connectivity index (χ4n) is 1.23. The van der Waals surface area contributed by atoms with E-state index >= 15 is 0 Å². The van der Waals surface area contributed by atoms with Crippen molar-refractivity contribution in [1.29, 1.82) is 0 Å². The fraction of sp³-hybridized carbons (Fsp3) is 0.583. The number of carbonyl (C=O) groups excluding carboxylic acids is 1. The number of carbonyl (C=O) groups is 1. The third-order valence-electron chi connectivity index (χ3n) is 2.28. The summed E-state index contributed by atoms with van der Waals surface area (Å²) in [5, 5.41) is 0.